The second-order valence-corrected chi connectivity index (χ2v) is 4.99. The van der Waals surface area contributed by atoms with Crippen LogP contribution >= 0.6 is 11.6 Å². The average Bonchev–Trinajstić information content (AvgIpc) is 2.60. The molecule has 1 aromatic heterocycles. The van der Waals surface area contributed by atoms with Gasteiger partial charge in [-0.3, -0.25) is 10.2 Å². The number of hydrazine groups is 1. The number of hydrogen-bond donors (Lipinski definition) is 2. The number of fused-ring (bicyclic) bond motifs is 1. The SMILES string of the molecule is O=C(NNC(=O)c1nc2ccccc2nc1Cl)Oc1ccccc1. The Morgan fingerprint density at radius 2 is 1.50 bits per heavy atom. The van der Waals surface area contributed by atoms with Crippen molar-refractivity contribution in [3.05, 3.63) is 65.4 Å². The van der Waals surface area contributed by atoms with Gasteiger partial charge in [-0.25, -0.2) is 20.2 Å². The molecule has 1 heterocycles. The minimum absolute atomic E-state index is 0.0653. The topological polar surface area (TPSA) is 93.2 Å². The molecular weight excluding hydrogens is 332 g/mol. The molecular formula is C16H11ClN4O3. The van der Waals surface area contributed by atoms with Gasteiger partial charge in [0.1, 0.15) is 5.75 Å². The molecule has 0 saturated carbocycles. The first-order valence-electron chi connectivity index (χ1n) is 6.89. The second-order valence-electron chi connectivity index (χ2n) is 4.63. The monoisotopic (exact) mass is 342 g/mol. The zero-order chi connectivity index (χ0) is 16.9. The number of amides is 2. The lowest BCUT2D eigenvalue weighted by atomic mass is 10.3. The van der Waals surface area contributed by atoms with Crippen LogP contribution in [0.4, 0.5) is 4.79 Å². The van der Waals surface area contributed by atoms with Gasteiger partial charge in [0.15, 0.2) is 10.8 Å². The second kappa shape index (κ2) is 6.93. The summed E-state index contributed by atoms with van der Waals surface area (Å²) in [4.78, 5) is 32.0. The zero-order valence-electron chi connectivity index (χ0n) is 12.2. The Bertz CT molecular complexity index is 902. The van der Waals surface area contributed by atoms with Gasteiger partial charge in [-0.2, -0.15) is 0 Å². The maximum Gasteiger partial charge on any atom is 0.431 e. The first-order chi connectivity index (χ1) is 11.6. The maximum atomic E-state index is 12.1. The number of halogens is 1. The van der Waals surface area contributed by atoms with Crippen molar-refractivity contribution >= 4 is 34.6 Å². The summed E-state index contributed by atoms with van der Waals surface area (Å²) in [5, 5.41) is -0.0653. The van der Waals surface area contributed by atoms with E-state index in [-0.39, 0.29) is 10.8 Å². The minimum Gasteiger partial charge on any atom is -0.409 e. The summed E-state index contributed by atoms with van der Waals surface area (Å²) in [5.74, 6) is -0.365. The summed E-state index contributed by atoms with van der Waals surface area (Å²) in [6.45, 7) is 0. The van der Waals surface area contributed by atoms with Crippen molar-refractivity contribution in [2.24, 2.45) is 0 Å². The fraction of sp³-hybridized carbons (Fsp3) is 0. The Balaban J connectivity index is 1.67. The van der Waals surface area contributed by atoms with Gasteiger partial charge in [-0.1, -0.05) is 41.9 Å². The lowest BCUT2D eigenvalue weighted by Crippen LogP contribution is -2.43. The first kappa shape index (κ1) is 15.7. The summed E-state index contributed by atoms with van der Waals surface area (Å²) in [6.07, 6.45) is -0.848. The molecule has 2 amide bonds. The molecule has 7 nitrogen and oxygen atoms in total. The number of carbonyl (C=O) groups is 2. The molecule has 2 N–H and O–H groups in total. The molecule has 0 atom stereocenters. The van der Waals surface area contributed by atoms with Gasteiger partial charge in [0.2, 0.25) is 0 Å². The number of para-hydroxylation sites is 3. The van der Waals surface area contributed by atoms with Gasteiger partial charge in [-0.15, -0.1) is 0 Å². The van der Waals surface area contributed by atoms with Crippen LogP contribution in [0.15, 0.2) is 54.6 Å². The lowest BCUT2D eigenvalue weighted by Gasteiger charge is -2.08. The molecule has 120 valence electrons. The highest BCUT2D eigenvalue weighted by molar-refractivity contribution is 6.32. The average molecular weight is 343 g/mol. The molecule has 0 saturated heterocycles. The van der Waals surface area contributed by atoms with Crippen LogP contribution in [-0.2, 0) is 0 Å². The molecule has 8 heteroatoms. The number of aromatic nitrogens is 2. The van der Waals surface area contributed by atoms with E-state index in [4.69, 9.17) is 16.3 Å². The molecule has 0 aliphatic carbocycles. The van der Waals surface area contributed by atoms with Gasteiger partial charge in [-0.05, 0) is 24.3 Å². The maximum absolute atomic E-state index is 12.1. The molecule has 0 aliphatic heterocycles. The molecule has 24 heavy (non-hydrogen) atoms. The molecule has 0 aliphatic rings. The molecule has 3 aromatic rings. The fourth-order valence-corrected chi connectivity index (χ4v) is 2.13. The largest absolute Gasteiger partial charge is 0.431 e. The lowest BCUT2D eigenvalue weighted by molar-refractivity contribution is 0.0923. The standard InChI is InChI=1S/C16H11ClN4O3/c17-14-13(18-11-8-4-5-9-12(11)19-14)15(22)20-21-16(23)24-10-6-2-1-3-7-10/h1-9H,(H,20,22)(H,21,23). The van der Waals surface area contributed by atoms with Gasteiger partial charge in [0.25, 0.3) is 5.91 Å². The van der Waals surface area contributed by atoms with E-state index in [1.165, 1.54) is 0 Å². The number of nitrogens with zero attached hydrogens (tertiary/aromatic N) is 2. The van der Waals surface area contributed by atoms with Gasteiger partial charge in [0, 0.05) is 0 Å². The van der Waals surface area contributed by atoms with Crippen LogP contribution in [0.25, 0.3) is 11.0 Å². The van der Waals surface area contributed by atoms with Gasteiger partial charge in [0.05, 0.1) is 11.0 Å². The van der Waals surface area contributed by atoms with Gasteiger partial charge < -0.3 is 4.74 Å². The van der Waals surface area contributed by atoms with E-state index in [0.717, 1.165) is 0 Å². The minimum atomic E-state index is -0.848. The highest BCUT2D eigenvalue weighted by Gasteiger charge is 2.16. The van der Waals surface area contributed by atoms with E-state index in [1.807, 2.05) is 0 Å². The zero-order valence-corrected chi connectivity index (χ0v) is 12.9. The number of rotatable bonds is 2. The van der Waals surface area contributed by atoms with Crippen molar-refractivity contribution in [1.29, 1.82) is 0 Å². The van der Waals surface area contributed by atoms with Crippen molar-refractivity contribution in [3.63, 3.8) is 0 Å². The molecule has 0 bridgehead atoms. The number of carbonyl (C=O) groups excluding carboxylic acids is 2. The summed E-state index contributed by atoms with van der Waals surface area (Å²) in [5.41, 5.74) is 5.27. The van der Waals surface area contributed by atoms with E-state index in [1.54, 1.807) is 54.6 Å². The third kappa shape index (κ3) is 3.58. The molecule has 0 radical (unpaired) electrons. The van der Waals surface area contributed by atoms with Crippen molar-refractivity contribution in [2.45, 2.75) is 0 Å². The molecule has 3 rings (SSSR count). The van der Waals surface area contributed by atoms with E-state index in [0.29, 0.717) is 16.8 Å². The van der Waals surface area contributed by atoms with Gasteiger partial charge >= 0.3 is 6.09 Å². The number of benzene rings is 2. The smallest absolute Gasteiger partial charge is 0.409 e. The van der Waals surface area contributed by atoms with Crippen LogP contribution in [-0.4, -0.2) is 22.0 Å². The van der Waals surface area contributed by atoms with Crippen molar-refractivity contribution in [2.75, 3.05) is 0 Å². The van der Waals surface area contributed by atoms with Crippen molar-refractivity contribution in [1.82, 2.24) is 20.8 Å². The van der Waals surface area contributed by atoms with Crippen molar-refractivity contribution < 1.29 is 14.3 Å². The highest BCUT2D eigenvalue weighted by Crippen LogP contribution is 2.16. The predicted octanol–water partition coefficient (Wildman–Crippen LogP) is 2.72. The first-order valence-corrected chi connectivity index (χ1v) is 7.27. The van der Waals surface area contributed by atoms with E-state index in [2.05, 4.69) is 20.8 Å². The summed E-state index contributed by atoms with van der Waals surface area (Å²) in [7, 11) is 0. The highest BCUT2D eigenvalue weighted by atomic mass is 35.5. The van der Waals surface area contributed by atoms with Crippen LogP contribution in [0.5, 0.6) is 5.75 Å². The summed E-state index contributed by atoms with van der Waals surface area (Å²) >= 11 is 5.96. The third-order valence-corrected chi connectivity index (χ3v) is 3.24. The predicted molar refractivity (Wildman–Crippen MR) is 87.6 cm³/mol. The van der Waals surface area contributed by atoms with E-state index < -0.39 is 12.0 Å². The Kier molecular flexibility index (Phi) is 4.53. The fourth-order valence-electron chi connectivity index (χ4n) is 1.91. The number of hydrogen-bond acceptors (Lipinski definition) is 5. The molecule has 2 aromatic carbocycles. The Labute approximate surface area is 141 Å². The summed E-state index contributed by atoms with van der Waals surface area (Å²) in [6, 6.07) is 15.4. The molecule has 0 unspecified atom stereocenters. The van der Waals surface area contributed by atoms with Crippen LogP contribution in [0.2, 0.25) is 5.15 Å². The Morgan fingerprint density at radius 1 is 0.875 bits per heavy atom. The molecule has 0 fully saturated rings. The number of ether oxygens (including phenoxy) is 1. The summed E-state index contributed by atoms with van der Waals surface area (Å²) < 4.78 is 4.97. The quantitative estimate of drug-likeness (QED) is 0.698. The molecule has 0 spiro atoms. The van der Waals surface area contributed by atoms with Crippen LogP contribution < -0.4 is 15.6 Å². The van der Waals surface area contributed by atoms with Crippen LogP contribution in [0.1, 0.15) is 10.5 Å². The number of nitrogens with one attached hydrogen (secondary N) is 2. The van der Waals surface area contributed by atoms with Crippen LogP contribution in [0, 0.1) is 0 Å². The Morgan fingerprint density at radius 3 is 2.21 bits per heavy atom. The van der Waals surface area contributed by atoms with E-state index in [9.17, 15) is 9.59 Å². The van der Waals surface area contributed by atoms with Crippen LogP contribution in [0.3, 0.4) is 0 Å². The van der Waals surface area contributed by atoms with E-state index >= 15 is 0 Å². The Hall–Kier alpha value is -3.19. The van der Waals surface area contributed by atoms with Crippen molar-refractivity contribution in [3.8, 4) is 5.75 Å². The third-order valence-electron chi connectivity index (χ3n) is 2.97. The normalized spacial score (nSPS) is 10.2.